The maximum atomic E-state index is 9.73. The van der Waals surface area contributed by atoms with E-state index in [0.717, 1.165) is 17.4 Å². The highest BCUT2D eigenvalue weighted by Gasteiger charge is 2.13. The Kier molecular flexibility index (Phi) is 3.39. The summed E-state index contributed by atoms with van der Waals surface area (Å²) < 4.78 is 2.06. The highest BCUT2D eigenvalue weighted by molar-refractivity contribution is 6.38. The van der Waals surface area contributed by atoms with Gasteiger partial charge in [0.05, 0.1) is 16.1 Å². The molecule has 17 heavy (non-hydrogen) atoms. The van der Waals surface area contributed by atoms with Crippen molar-refractivity contribution in [3.63, 3.8) is 0 Å². The molecule has 1 heterocycles. The molecule has 0 spiro atoms. The summed E-state index contributed by atoms with van der Waals surface area (Å²) >= 11 is 12.1. The molecule has 2 rings (SSSR count). The first-order valence-electron chi connectivity index (χ1n) is 5.53. The molecule has 0 fully saturated rings. The highest BCUT2D eigenvalue weighted by atomic mass is 35.5. The minimum Gasteiger partial charge on any atom is -0.390 e. The first-order chi connectivity index (χ1) is 7.87. The number of hydrogen-bond donors (Lipinski definition) is 1. The molecule has 0 saturated carbocycles. The summed E-state index contributed by atoms with van der Waals surface area (Å²) in [7, 11) is 0. The molecule has 2 nitrogen and oxygen atoms in total. The Labute approximate surface area is 111 Å². The van der Waals surface area contributed by atoms with Crippen molar-refractivity contribution in [2.24, 2.45) is 0 Å². The van der Waals surface area contributed by atoms with E-state index in [1.807, 2.05) is 18.3 Å². The Morgan fingerprint density at radius 3 is 2.65 bits per heavy atom. The van der Waals surface area contributed by atoms with Gasteiger partial charge in [0.2, 0.25) is 0 Å². The molecule has 0 atom stereocenters. The zero-order valence-corrected chi connectivity index (χ0v) is 11.4. The van der Waals surface area contributed by atoms with Gasteiger partial charge in [-0.25, -0.2) is 0 Å². The fraction of sp³-hybridized carbons (Fsp3) is 0.385. The van der Waals surface area contributed by atoms with Crippen LogP contribution in [0.15, 0.2) is 24.4 Å². The third-order valence-corrected chi connectivity index (χ3v) is 3.30. The Balaban J connectivity index is 2.36. The fourth-order valence-corrected chi connectivity index (χ4v) is 2.35. The lowest BCUT2D eigenvalue weighted by molar-refractivity contribution is 0.0666. The number of aromatic nitrogens is 1. The van der Waals surface area contributed by atoms with E-state index >= 15 is 0 Å². The standard InChI is InChI=1S/C13H15Cl2NO/c1-13(2,17)4-6-16-5-3-10-11(15)7-9(14)8-12(10)16/h3,5,7-8,17H,4,6H2,1-2H3. The van der Waals surface area contributed by atoms with Crippen LogP contribution in [0.2, 0.25) is 10.0 Å². The van der Waals surface area contributed by atoms with Gasteiger partial charge in [0.25, 0.3) is 0 Å². The first-order valence-corrected chi connectivity index (χ1v) is 6.29. The van der Waals surface area contributed by atoms with Crippen molar-refractivity contribution >= 4 is 34.1 Å². The lowest BCUT2D eigenvalue weighted by Gasteiger charge is -2.17. The van der Waals surface area contributed by atoms with Crippen LogP contribution >= 0.6 is 23.2 Å². The summed E-state index contributed by atoms with van der Waals surface area (Å²) in [5.41, 5.74) is 0.339. The molecule has 0 aliphatic heterocycles. The normalized spacial score (nSPS) is 12.3. The minimum atomic E-state index is -0.668. The Hall–Kier alpha value is -0.700. The average Bonchev–Trinajstić information content (AvgIpc) is 2.57. The van der Waals surface area contributed by atoms with E-state index in [-0.39, 0.29) is 0 Å². The number of hydrogen-bond acceptors (Lipinski definition) is 1. The minimum absolute atomic E-state index is 0.630. The van der Waals surface area contributed by atoms with Gasteiger partial charge in [0.15, 0.2) is 0 Å². The monoisotopic (exact) mass is 271 g/mol. The van der Waals surface area contributed by atoms with Crippen molar-refractivity contribution in [1.82, 2.24) is 4.57 Å². The van der Waals surface area contributed by atoms with Crippen molar-refractivity contribution in [2.45, 2.75) is 32.4 Å². The van der Waals surface area contributed by atoms with Gasteiger partial charge >= 0.3 is 0 Å². The summed E-state index contributed by atoms with van der Waals surface area (Å²) in [6.07, 6.45) is 2.65. The lowest BCUT2D eigenvalue weighted by Crippen LogP contribution is -2.20. The molecular formula is C13H15Cl2NO. The molecule has 0 bridgehead atoms. The number of halogens is 2. The molecule has 1 aromatic heterocycles. The van der Waals surface area contributed by atoms with Gasteiger partial charge in [-0.15, -0.1) is 0 Å². The van der Waals surface area contributed by atoms with Gasteiger partial charge in [-0.2, -0.15) is 0 Å². The number of benzene rings is 1. The predicted octanol–water partition coefficient (Wildman–Crippen LogP) is 4.11. The van der Waals surface area contributed by atoms with Crippen LogP contribution in [0.3, 0.4) is 0 Å². The van der Waals surface area contributed by atoms with Crippen LogP contribution in [0.1, 0.15) is 20.3 Å². The predicted molar refractivity (Wildman–Crippen MR) is 72.9 cm³/mol. The van der Waals surface area contributed by atoms with E-state index < -0.39 is 5.60 Å². The molecule has 0 aliphatic rings. The average molecular weight is 272 g/mol. The maximum absolute atomic E-state index is 9.73. The molecule has 1 aromatic carbocycles. The van der Waals surface area contributed by atoms with Crippen molar-refractivity contribution < 1.29 is 5.11 Å². The second-order valence-corrected chi connectivity index (χ2v) is 5.74. The molecular weight excluding hydrogens is 257 g/mol. The van der Waals surface area contributed by atoms with Gasteiger partial charge in [-0.1, -0.05) is 23.2 Å². The first kappa shape index (κ1) is 12.7. The fourth-order valence-electron chi connectivity index (χ4n) is 1.81. The van der Waals surface area contributed by atoms with Crippen molar-refractivity contribution in [2.75, 3.05) is 0 Å². The van der Waals surface area contributed by atoms with Crippen molar-refractivity contribution in [3.8, 4) is 0 Å². The molecule has 1 N–H and O–H groups in total. The summed E-state index contributed by atoms with van der Waals surface area (Å²) in [5, 5.41) is 12.0. The van der Waals surface area contributed by atoms with Crippen LogP contribution in [-0.2, 0) is 6.54 Å². The number of aryl methyl sites for hydroxylation is 1. The summed E-state index contributed by atoms with van der Waals surface area (Å²) in [4.78, 5) is 0. The van der Waals surface area contributed by atoms with Gasteiger partial charge < -0.3 is 9.67 Å². The third kappa shape index (κ3) is 2.95. The molecule has 0 radical (unpaired) electrons. The van der Waals surface area contributed by atoms with Crippen LogP contribution in [0.5, 0.6) is 0 Å². The van der Waals surface area contributed by atoms with Gasteiger partial charge in [0, 0.05) is 23.2 Å². The zero-order valence-electron chi connectivity index (χ0n) is 9.87. The number of aliphatic hydroxyl groups is 1. The topological polar surface area (TPSA) is 25.2 Å². The van der Waals surface area contributed by atoms with E-state index in [9.17, 15) is 5.11 Å². The van der Waals surface area contributed by atoms with Crippen molar-refractivity contribution in [3.05, 3.63) is 34.4 Å². The van der Waals surface area contributed by atoms with E-state index in [0.29, 0.717) is 16.5 Å². The summed E-state index contributed by atoms with van der Waals surface area (Å²) in [6, 6.07) is 5.61. The smallest absolute Gasteiger partial charge is 0.0608 e. The Morgan fingerprint density at radius 2 is 2.00 bits per heavy atom. The van der Waals surface area contributed by atoms with Crippen LogP contribution in [0.25, 0.3) is 10.9 Å². The molecule has 0 aliphatic carbocycles. The molecule has 4 heteroatoms. The van der Waals surface area contributed by atoms with Crippen LogP contribution in [0.4, 0.5) is 0 Å². The van der Waals surface area contributed by atoms with Gasteiger partial charge in [-0.05, 0) is 38.5 Å². The largest absolute Gasteiger partial charge is 0.390 e. The molecule has 2 aromatic rings. The molecule has 0 saturated heterocycles. The Morgan fingerprint density at radius 1 is 1.29 bits per heavy atom. The third-order valence-electron chi connectivity index (χ3n) is 2.77. The zero-order chi connectivity index (χ0) is 12.6. The van der Waals surface area contributed by atoms with Crippen LogP contribution in [-0.4, -0.2) is 15.3 Å². The van der Waals surface area contributed by atoms with Crippen molar-refractivity contribution in [1.29, 1.82) is 0 Å². The number of nitrogens with zero attached hydrogens (tertiary/aromatic N) is 1. The van der Waals surface area contributed by atoms with Crippen LogP contribution in [0, 0.1) is 0 Å². The van der Waals surface area contributed by atoms with Gasteiger partial charge in [0.1, 0.15) is 0 Å². The van der Waals surface area contributed by atoms with E-state index in [1.165, 1.54) is 0 Å². The lowest BCUT2D eigenvalue weighted by atomic mass is 10.1. The SMILES string of the molecule is CC(C)(O)CCn1ccc2c(Cl)cc(Cl)cc21. The highest BCUT2D eigenvalue weighted by Crippen LogP contribution is 2.29. The van der Waals surface area contributed by atoms with Gasteiger partial charge in [-0.3, -0.25) is 0 Å². The van der Waals surface area contributed by atoms with E-state index in [4.69, 9.17) is 23.2 Å². The number of fused-ring (bicyclic) bond motifs is 1. The molecule has 0 unspecified atom stereocenters. The number of rotatable bonds is 3. The Bertz CT molecular complexity index is 540. The summed E-state index contributed by atoms with van der Waals surface area (Å²) in [6.45, 7) is 4.35. The molecule has 92 valence electrons. The quantitative estimate of drug-likeness (QED) is 0.893. The van der Waals surface area contributed by atoms with E-state index in [1.54, 1.807) is 19.9 Å². The molecule has 0 amide bonds. The van der Waals surface area contributed by atoms with Crippen LogP contribution < -0.4 is 0 Å². The second kappa shape index (κ2) is 4.52. The second-order valence-electron chi connectivity index (χ2n) is 4.89. The maximum Gasteiger partial charge on any atom is 0.0608 e. The summed E-state index contributed by atoms with van der Waals surface area (Å²) in [5.74, 6) is 0. The van der Waals surface area contributed by atoms with E-state index in [2.05, 4.69) is 4.57 Å².